The van der Waals surface area contributed by atoms with E-state index in [0.717, 1.165) is 5.76 Å². The third kappa shape index (κ3) is 2.34. The van der Waals surface area contributed by atoms with Crippen LogP contribution in [0.4, 0.5) is 4.39 Å². The number of pyridine rings is 1. The number of halogens is 1. The lowest BCUT2D eigenvalue weighted by Crippen LogP contribution is -1.97. The van der Waals surface area contributed by atoms with Crippen molar-refractivity contribution >= 4 is 0 Å². The number of nitrogens with zero attached hydrogens (tertiary/aromatic N) is 1. The molecule has 4 heteroatoms. The van der Waals surface area contributed by atoms with Gasteiger partial charge in [-0.15, -0.1) is 0 Å². The average Bonchev–Trinajstić information content (AvgIpc) is 2.63. The minimum absolute atomic E-state index is 0.131. The normalized spacial score (nSPS) is 10.3. The van der Waals surface area contributed by atoms with Gasteiger partial charge in [0.25, 0.3) is 5.95 Å². The number of aromatic nitrogens is 1. The topological polar surface area (TPSA) is 35.3 Å². The predicted molar refractivity (Wildman–Crippen MR) is 52.0 cm³/mol. The highest BCUT2D eigenvalue weighted by Crippen LogP contribution is 2.15. The summed E-state index contributed by atoms with van der Waals surface area (Å²) in [4.78, 5) is 3.47. The highest BCUT2D eigenvalue weighted by Gasteiger charge is 2.04. The Morgan fingerprint density at radius 3 is 2.93 bits per heavy atom. The second-order valence-electron chi connectivity index (χ2n) is 3.09. The van der Waals surface area contributed by atoms with Crippen LogP contribution >= 0.6 is 0 Å². The van der Waals surface area contributed by atoms with Crippen molar-refractivity contribution in [2.24, 2.45) is 0 Å². The first-order valence-corrected chi connectivity index (χ1v) is 4.54. The van der Waals surface area contributed by atoms with E-state index in [9.17, 15) is 4.39 Å². The van der Waals surface area contributed by atoms with E-state index in [0.29, 0.717) is 5.76 Å². The van der Waals surface area contributed by atoms with Gasteiger partial charge in [-0.2, -0.15) is 4.39 Å². The minimum atomic E-state index is -0.610. The molecular weight excluding hydrogens is 197 g/mol. The van der Waals surface area contributed by atoms with Crippen LogP contribution < -0.4 is 4.74 Å². The first kappa shape index (κ1) is 9.71. The summed E-state index contributed by atoms with van der Waals surface area (Å²) in [6.07, 6.45) is 1.37. The number of furan rings is 1. The molecule has 2 rings (SSSR count). The molecule has 0 aromatic carbocycles. The highest BCUT2D eigenvalue weighted by atomic mass is 19.1. The number of aryl methyl sites for hydroxylation is 1. The van der Waals surface area contributed by atoms with Crippen LogP contribution in [0.2, 0.25) is 0 Å². The van der Waals surface area contributed by atoms with Crippen molar-refractivity contribution in [2.45, 2.75) is 13.5 Å². The zero-order chi connectivity index (χ0) is 10.7. The summed E-state index contributed by atoms with van der Waals surface area (Å²) < 4.78 is 23.5. The molecule has 3 nitrogen and oxygen atoms in total. The van der Waals surface area contributed by atoms with Crippen molar-refractivity contribution in [1.82, 2.24) is 4.98 Å². The quantitative estimate of drug-likeness (QED) is 0.726. The Bertz CT molecular complexity index is 453. The third-order valence-electron chi connectivity index (χ3n) is 1.89. The van der Waals surface area contributed by atoms with Crippen LogP contribution in [0.1, 0.15) is 11.5 Å². The highest BCUT2D eigenvalue weighted by molar-refractivity contribution is 5.18. The molecule has 2 aromatic rings. The van der Waals surface area contributed by atoms with Gasteiger partial charge in [-0.05, 0) is 31.2 Å². The van der Waals surface area contributed by atoms with Crippen LogP contribution in [0, 0.1) is 12.9 Å². The largest absolute Gasteiger partial charge is 0.481 e. The second kappa shape index (κ2) is 4.13. The lowest BCUT2D eigenvalue weighted by atomic mass is 10.4. The molecule has 15 heavy (non-hydrogen) atoms. The first-order chi connectivity index (χ1) is 7.25. The summed E-state index contributed by atoms with van der Waals surface area (Å²) in [5.74, 6) is 0.989. The van der Waals surface area contributed by atoms with Crippen molar-refractivity contribution in [2.75, 3.05) is 0 Å². The van der Waals surface area contributed by atoms with Gasteiger partial charge in [0.05, 0.1) is 0 Å². The van der Waals surface area contributed by atoms with E-state index in [1.165, 1.54) is 12.3 Å². The fraction of sp³-hybridized carbons (Fsp3) is 0.182. The van der Waals surface area contributed by atoms with E-state index in [4.69, 9.17) is 9.15 Å². The van der Waals surface area contributed by atoms with E-state index in [1.807, 2.05) is 13.0 Å². The number of rotatable bonds is 3. The molecule has 0 unspecified atom stereocenters. The van der Waals surface area contributed by atoms with Gasteiger partial charge in [0.15, 0.2) is 5.75 Å². The molecule has 0 bridgehead atoms. The third-order valence-corrected chi connectivity index (χ3v) is 1.89. The second-order valence-corrected chi connectivity index (χ2v) is 3.09. The van der Waals surface area contributed by atoms with Gasteiger partial charge >= 0.3 is 0 Å². The van der Waals surface area contributed by atoms with Gasteiger partial charge in [0.2, 0.25) is 0 Å². The van der Waals surface area contributed by atoms with E-state index < -0.39 is 5.95 Å². The molecule has 0 saturated carbocycles. The zero-order valence-corrected chi connectivity index (χ0v) is 8.24. The maximum atomic E-state index is 13.0. The molecule has 2 aromatic heterocycles. The molecule has 0 N–H and O–H groups in total. The maximum absolute atomic E-state index is 13.0. The van der Waals surface area contributed by atoms with E-state index in [-0.39, 0.29) is 12.4 Å². The summed E-state index contributed by atoms with van der Waals surface area (Å²) in [5, 5.41) is 0. The Balaban J connectivity index is 2.02. The molecule has 0 aliphatic carbocycles. The molecule has 0 amide bonds. The van der Waals surface area contributed by atoms with Gasteiger partial charge in [0, 0.05) is 6.20 Å². The van der Waals surface area contributed by atoms with Crippen LogP contribution in [-0.4, -0.2) is 4.98 Å². The van der Waals surface area contributed by atoms with Crippen molar-refractivity contribution in [3.63, 3.8) is 0 Å². The Morgan fingerprint density at radius 1 is 1.40 bits per heavy atom. The molecule has 0 aliphatic heterocycles. The van der Waals surface area contributed by atoms with Crippen molar-refractivity contribution in [1.29, 1.82) is 0 Å². The Hall–Kier alpha value is -1.84. The Kier molecular flexibility index (Phi) is 2.67. The molecule has 0 saturated heterocycles. The molecule has 0 spiro atoms. The first-order valence-electron chi connectivity index (χ1n) is 4.54. The van der Waals surface area contributed by atoms with Crippen molar-refractivity contribution in [3.05, 3.63) is 47.9 Å². The minimum Gasteiger partial charge on any atom is -0.481 e. The van der Waals surface area contributed by atoms with Crippen molar-refractivity contribution < 1.29 is 13.5 Å². The van der Waals surface area contributed by atoms with Crippen LogP contribution in [0.5, 0.6) is 5.75 Å². The molecule has 0 atom stereocenters. The molecular formula is C11H10FNO2. The smallest absolute Gasteiger partial charge is 0.255 e. The lowest BCUT2D eigenvalue weighted by molar-refractivity contribution is 0.253. The van der Waals surface area contributed by atoms with Gasteiger partial charge in [-0.3, -0.25) is 0 Å². The molecule has 0 radical (unpaired) electrons. The summed E-state index contributed by atoms with van der Waals surface area (Å²) in [6, 6.07) is 6.77. The Morgan fingerprint density at radius 2 is 2.27 bits per heavy atom. The number of hydrogen-bond donors (Lipinski definition) is 0. The fourth-order valence-electron chi connectivity index (χ4n) is 1.19. The Labute approximate surface area is 86.5 Å². The van der Waals surface area contributed by atoms with Gasteiger partial charge < -0.3 is 9.15 Å². The summed E-state index contributed by atoms with van der Waals surface area (Å²) >= 11 is 0. The van der Waals surface area contributed by atoms with Crippen LogP contribution in [0.15, 0.2) is 34.9 Å². The summed E-state index contributed by atoms with van der Waals surface area (Å²) in [6.45, 7) is 2.05. The molecule has 0 aliphatic rings. The predicted octanol–water partition coefficient (Wildman–Crippen LogP) is 2.70. The summed E-state index contributed by atoms with van der Waals surface area (Å²) in [5.41, 5.74) is 0. The molecule has 78 valence electrons. The average molecular weight is 207 g/mol. The SMILES string of the molecule is Cc1ccc(COc2cccnc2F)o1. The monoisotopic (exact) mass is 207 g/mol. The fourth-order valence-corrected chi connectivity index (χ4v) is 1.19. The van der Waals surface area contributed by atoms with Crippen molar-refractivity contribution in [3.8, 4) is 5.75 Å². The number of hydrogen-bond acceptors (Lipinski definition) is 3. The zero-order valence-electron chi connectivity index (χ0n) is 8.24. The van der Waals surface area contributed by atoms with Crippen LogP contribution in [0.25, 0.3) is 0 Å². The van der Waals surface area contributed by atoms with Crippen LogP contribution in [0.3, 0.4) is 0 Å². The maximum Gasteiger partial charge on any atom is 0.255 e. The summed E-state index contributed by atoms with van der Waals surface area (Å²) in [7, 11) is 0. The molecule has 0 fully saturated rings. The van der Waals surface area contributed by atoms with Gasteiger partial charge in [-0.25, -0.2) is 4.98 Å². The van der Waals surface area contributed by atoms with Gasteiger partial charge in [-0.1, -0.05) is 0 Å². The van der Waals surface area contributed by atoms with E-state index in [1.54, 1.807) is 12.1 Å². The van der Waals surface area contributed by atoms with Gasteiger partial charge in [0.1, 0.15) is 18.1 Å². The van der Waals surface area contributed by atoms with E-state index in [2.05, 4.69) is 4.98 Å². The number of ether oxygens (including phenoxy) is 1. The lowest BCUT2D eigenvalue weighted by Gasteiger charge is -2.03. The standard InChI is InChI=1S/C11H10FNO2/c1-8-4-5-9(15-8)7-14-10-3-2-6-13-11(10)12/h2-6H,7H2,1H3. The molecule has 2 heterocycles. The van der Waals surface area contributed by atoms with E-state index >= 15 is 0 Å². The van der Waals surface area contributed by atoms with Crippen LogP contribution in [-0.2, 0) is 6.61 Å².